The van der Waals surface area contributed by atoms with Crippen LogP contribution in [0.25, 0.3) is 28.1 Å². The molecule has 2 N–H and O–H groups in total. The molecule has 0 atom stereocenters. The molecule has 0 unspecified atom stereocenters. The number of aromatic amines is 2. The minimum atomic E-state index is 0.513. The van der Waals surface area contributed by atoms with Crippen molar-refractivity contribution in [3.63, 3.8) is 0 Å². The quantitative estimate of drug-likeness (QED) is 0.471. The Morgan fingerprint density at radius 1 is 0.957 bits per heavy atom. The standard InChI is InChI=1S/C16H10Cl2N4S/c17-10-1-4-12(5-2-10)22-15(20-21-16(22)23)14-8-9-7-11(18)3-6-13(9)19-14/h1-8,19H,(H,21,23). The molecule has 2 heterocycles. The number of halogens is 2. The summed E-state index contributed by atoms with van der Waals surface area (Å²) in [5, 5.41) is 9.58. The van der Waals surface area contributed by atoms with Crippen molar-refractivity contribution < 1.29 is 0 Å². The maximum atomic E-state index is 6.05. The molecule has 0 saturated heterocycles. The molecular weight excluding hydrogens is 351 g/mol. The predicted octanol–water partition coefficient (Wildman–Crippen LogP) is 5.38. The first-order valence-corrected chi connectivity index (χ1v) is 8.00. The monoisotopic (exact) mass is 360 g/mol. The second-order valence-corrected chi connectivity index (χ2v) is 6.34. The lowest BCUT2D eigenvalue weighted by Gasteiger charge is -2.05. The number of aromatic nitrogens is 4. The van der Waals surface area contributed by atoms with Crippen LogP contribution in [0.2, 0.25) is 10.0 Å². The first-order valence-electron chi connectivity index (χ1n) is 6.84. The summed E-state index contributed by atoms with van der Waals surface area (Å²) < 4.78 is 2.37. The van der Waals surface area contributed by atoms with E-state index >= 15 is 0 Å². The third-order valence-corrected chi connectivity index (χ3v) is 4.34. The normalized spacial score (nSPS) is 11.2. The fourth-order valence-electron chi connectivity index (χ4n) is 2.53. The van der Waals surface area contributed by atoms with Gasteiger partial charge in [0.2, 0.25) is 0 Å². The molecule has 0 amide bonds. The Balaban J connectivity index is 1.91. The molecule has 0 fully saturated rings. The average Bonchev–Trinajstić information content (AvgIpc) is 3.11. The van der Waals surface area contributed by atoms with Gasteiger partial charge >= 0.3 is 0 Å². The van der Waals surface area contributed by atoms with Gasteiger partial charge in [0.15, 0.2) is 10.6 Å². The zero-order valence-electron chi connectivity index (χ0n) is 11.7. The lowest BCUT2D eigenvalue weighted by Crippen LogP contribution is -1.97. The Bertz CT molecular complexity index is 1060. The molecule has 0 saturated carbocycles. The van der Waals surface area contributed by atoms with Crippen LogP contribution in [-0.4, -0.2) is 19.7 Å². The van der Waals surface area contributed by atoms with Crippen LogP contribution in [0.4, 0.5) is 0 Å². The number of H-pyrrole nitrogens is 2. The zero-order valence-corrected chi connectivity index (χ0v) is 14.0. The highest BCUT2D eigenvalue weighted by Gasteiger charge is 2.13. The Morgan fingerprint density at radius 2 is 1.70 bits per heavy atom. The molecule has 114 valence electrons. The van der Waals surface area contributed by atoms with Crippen molar-refractivity contribution in [1.29, 1.82) is 0 Å². The van der Waals surface area contributed by atoms with Gasteiger partial charge in [-0.1, -0.05) is 23.2 Å². The second kappa shape index (κ2) is 5.53. The fraction of sp³-hybridized carbons (Fsp3) is 0. The van der Waals surface area contributed by atoms with Gasteiger partial charge < -0.3 is 4.98 Å². The predicted molar refractivity (Wildman–Crippen MR) is 96.1 cm³/mol. The van der Waals surface area contributed by atoms with Gasteiger partial charge in [-0.3, -0.25) is 9.67 Å². The lowest BCUT2D eigenvalue weighted by atomic mass is 10.2. The van der Waals surface area contributed by atoms with Gasteiger partial charge in [-0.25, -0.2) is 0 Å². The molecule has 4 rings (SSSR count). The molecule has 2 aromatic heterocycles. The summed E-state index contributed by atoms with van der Waals surface area (Å²) in [7, 11) is 0. The fourth-order valence-corrected chi connectivity index (χ4v) is 3.08. The maximum absolute atomic E-state index is 6.05. The number of hydrogen-bond acceptors (Lipinski definition) is 2. The van der Waals surface area contributed by atoms with Crippen molar-refractivity contribution in [2.45, 2.75) is 0 Å². The summed E-state index contributed by atoms with van der Waals surface area (Å²) >= 11 is 17.4. The van der Waals surface area contributed by atoms with Crippen LogP contribution in [-0.2, 0) is 0 Å². The molecule has 0 spiro atoms. The molecule has 4 nitrogen and oxygen atoms in total. The molecule has 0 aliphatic rings. The first-order chi connectivity index (χ1) is 11.1. The summed E-state index contributed by atoms with van der Waals surface area (Å²) in [5.41, 5.74) is 2.73. The molecule has 4 aromatic rings. The smallest absolute Gasteiger partial charge is 0.200 e. The van der Waals surface area contributed by atoms with Gasteiger partial charge in [-0.15, -0.1) is 0 Å². The SMILES string of the molecule is S=c1[nH]nc(-c2cc3cc(Cl)ccc3[nH]2)n1-c1ccc(Cl)cc1. The molecule has 0 aliphatic carbocycles. The molecule has 0 bridgehead atoms. The van der Waals surface area contributed by atoms with E-state index in [1.165, 1.54) is 0 Å². The number of fused-ring (bicyclic) bond motifs is 1. The molecule has 0 radical (unpaired) electrons. The highest BCUT2D eigenvalue weighted by atomic mass is 35.5. The molecular formula is C16H10Cl2N4S. The van der Waals surface area contributed by atoms with Crippen molar-refractivity contribution in [2.24, 2.45) is 0 Å². The minimum absolute atomic E-state index is 0.513. The third kappa shape index (κ3) is 2.57. The zero-order chi connectivity index (χ0) is 16.0. The largest absolute Gasteiger partial charge is 0.352 e. The highest BCUT2D eigenvalue weighted by molar-refractivity contribution is 7.71. The van der Waals surface area contributed by atoms with Crippen molar-refractivity contribution in [3.05, 3.63) is 63.3 Å². The van der Waals surface area contributed by atoms with E-state index in [2.05, 4.69) is 15.2 Å². The van der Waals surface area contributed by atoms with Crippen LogP contribution in [0, 0.1) is 4.77 Å². The summed E-state index contributed by atoms with van der Waals surface area (Å²) in [6.45, 7) is 0. The highest BCUT2D eigenvalue weighted by Crippen LogP contribution is 2.27. The molecule has 7 heteroatoms. The van der Waals surface area contributed by atoms with E-state index in [1.807, 2.05) is 53.1 Å². The van der Waals surface area contributed by atoms with Crippen LogP contribution in [0.1, 0.15) is 0 Å². The molecule has 2 aromatic carbocycles. The van der Waals surface area contributed by atoms with E-state index in [0.29, 0.717) is 20.6 Å². The van der Waals surface area contributed by atoms with E-state index in [1.54, 1.807) is 0 Å². The minimum Gasteiger partial charge on any atom is -0.352 e. The number of nitrogens with one attached hydrogen (secondary N) is 2. The molecule has 0 aliphatic heterocycles. The van der Waals surface area contributed by atoms with Crippen molar-refractivity contribution >= 4 is 46.3 Å². The molecule has 23 heavy (non-hydrogen) atoms. The Kier molecular flexibility index (Phi) is 3.49. The van der Waals surface area contributed by atoms with E-state index in [4.69, 9.17) is 35.4 Å². The van der Waals surface area contributed by atoms with Crippen molar-refractivity contribution in [3.8, 4) is 17.2 Å². The van der Waals surface area contributed by atoms with Gasteiger partial charge in [0.1, 0.15) is 0 Å². The van der Waals surface area contributed by atoms with E-state index < -0.39 is 0 Å². The topological polar surface area (TPSA) is 49.4 Å². The van der Waals surface area contributed by atoms with E-state index in [0.717, 1.165) is 22.3 Å². The number of hydrogen-bond donors (Lipinski definition) is 2. The summed E-state index contributed by atoms with van der Waals surface area (Å²) in [5.74, 6) is 0.699. The van der Waals surface area contributed by atoms with Gasteiger partial charge in [-0.05, 0) is 60.7 Å². The van der Waals surface area contributed by atoms with Gasteiger partial charge in [0.05, 0.1) is 11.4 Å². The van der Waals surface area contributed by atoms with Crippen LogP contribution in [0.5, 0.6) is 0 Å². The first kappa shape index (κ1) is 14.5. The van der Waals surface area contributed by atoms with Crippen LogP contribution in [0.15, 0.2) is 48.5 Å². The average molecular weight is 361 g/mol. The van der Waals surface area contributed by atoms with Gasteiger partial charge in [0, 0.05) is 20.9 Å². The number of benzene rings is 2. The van der Waals surface area contributed by atoms with E-state index in [9.17, 15) is 0 Å². The van der Waals surface area contributed by atoms with Crippen LogP contribution >= 0.6 is 35.4 Å². The number of nitrogens with zero attached hydrogens (tertiary/aromatic N) is 2. The van der Waals surface area contributed by atoms with Crippen LogP contribution in [0.3, 0.4) is 0 Å². The Labute approximate surface area is 146 Å². The van der Waals surface area contributed by atoms with Crippen molar-refractivity contribution in [1.82, 2.24) is 19.7 Å². The van der Waals surface area contributed by atoms with Crippen molar-refractivity contribution in [2.75, 3.05) is 0 Å². The summed E-state index contributed by atoms with van der Waals surface area (Å²) in [6, 6.07) is 15.1. The summed E-state index contributed by atoms with van der Waals surface area (Å²) in [6.07, 6.45) is 0. The third-order valence-electron chi connectivity index (χ3n) is 3.58. The lowest BCUT2D eigenvalue weighted by molar-refractivity contribution is 1.03. The summed E-state index contributed by atoms with van der Waals surface area (Å²) in [4.78, 5) is 3.34. The van der Waals surface area contributed by atoms with E-state index in [-0.39, 0.29) is 0 Å². The maximum Gasteiger partial charge on any atom is 0.200 e. The second-order valence-electron chi connectivity index (χ2n) is 5.08. The van der Waals surface area contributed by atoms with Gasteiger partial charge in [0.25, 0.3) is 0 Å². The van der Waals surface area contributed by atoms with Gasteiger partial charge in [-0.2, -0.15) is 5.10 Å². The number of rotatable bonds is 2. The Morgan fingerprint density at radius 3 is 2.48 bits per heavy atom. The van der Waals surface area contributed by atoms with Crippen LogP contribution < -0.4 is 0 Å². The Hall–Kier alpha value is -2.08.